The van der Waals surface area contributed by atoms with E-state index >= 15 is 0 Å². The Morgan fingerprint density at radius 1 is 1.42 bits per heavy atom. The predicted molar refractivity (Wildman–Crippen MR) is 71.8 cm³/mol. The van der Waals surface area contributed by atoms with Gasteiger partial charge in [0.25, 0.3) is 0 Å². The van der Waals surface area contributed by atoms with Crippen LogP contribution in [0.5, 0.6) is 0 Å². The summed E-state index contributed by atoms with van der Waals surface area (Å²) in [6, 6.07) is 3.70. The average molecular weight is 280 g/mol. The van der Waals surface area contributed by atoms with Crippen LogP contribution in [0.4, 0.5) is 0 Å². The molecule has 102 valence electrons. The minimum absolute atomic E-state index is 0.00240. The SMILES string of the molecule is CC1CN(C(=O)CSc2ccncc2)CC1C(=O)O. The Kier molecular flexibility index (Phi) is 4.42. The van der Waals surface area contributed by atoms with Crippen molar-refractivity contribution in [2.45, 2.75) is 11.8 Å². The van der Waals surface area contributed by atoms with Crippen LogP contribution in [0.25, 0.3) is 0 Å². The number of hydrogen-bond donors (Lipinski definition) is 1. The number of rotatable bonds is 4. The van der Waals surface area contributed by atoms with E-state index in [1.54, 1.807) is 17.3 Å². The molecule has 1 saturated heterocycles. The van der Waals surface area contributed by atoms with E-state index in [1.165, 1.54) is 11.8 Å². The van der Waals surface area contributed by atoms with Gasteiger partial charge in [-0.3, -0.25) is 14.6 Å². The maximum Gasteiger partial charge on any atom is 0.308 e. The van der Waals surface area contributed by atoms with E-state index in [4.69, 9.17) is 5.11 Å². The molecular weight excluding hydrogens is 264 g/mol. The van der Waals surface area contributed by atoms with Crippen molar-refractivity contribution in [2.24, 2.45) is 11.8 Å². The third-order valence-electron chi connectivity index (χ3n) is 3.29. The molecular formula is C13H16N2O3S. The van der Waals surface area contributed by atoms with Crippen LogP contribution in [-0.2, 0) is 9.59 Å². The number of carboxylic acid groups (broad SMARTS) is 1. The second-order valence-electron chi connectivity index (χ2n) is 4.69. The van der Waals surface area contributed by atoms with Crippen LogP contribution in [-0.4, -0.2) is 45.7 Å². The summed E-state index contributed by atoms with van der Waals surface area (Å²) in [5.41, 5.74) is 0. The van der Waals surface area contributed by atoms with Gasteiger partial charge in [0, 0.05) is 30.4 Å². The number of carboxylic acids is 1. The quantitative estimate of drug-likeness (QED) is 0.843. The van der Waals surface area contributed by atoms with E-state index in [2.05, 4.69) is 4.98 Å². The third-order valence-corrected chi connectivity index (χ3v) is 4.29. The molecule has 0 bridgehead atoms. The zero-order valence-electron chi connectivity index (χ0n) is 10.7. The Balaban J connectivity index is 1.86. The van der Waals surface area contributed by atoms with Crippen LogP contribution in [0.15, 0.2) is 29.4 Å². The summed E-state index contributed by atoms with van der Waals surface area (Å²) in [6.45, 7) is 2.74. The first-order valence-electron chi connectivity index (χ1n) is 6.11. The molecule has 0 radical (unpaired) electrons. The van der Waals surface area contributed by atoms with Crippen LogP contribution in [0.2, 0.25) is 0 Å². The molecule has 2 heterocycles. The molecule has 2 atom stereocenters. The van der Waals surface area contributed by atoms with Gasteiger partial charge in [-0.05, 0) is 18.1 Å². The van der Waals surface area contributed by atoms with Crippen LogP contribution >= 0.6 is 11.8 Å². The van der Waals surface area contributed by atoms with E-state index in [1.807, 2.05) is 19.1 Å². The van der Waals surface area contributed by atoms with Gasteiger partial charge in [-0.2, -0.15) is 0 Å². The lowest BCUT2D eigenvalue weighted by Crippen LogP contribution is -2.31. The first kappa shape index (κ1) is 13.9. The van der Waals surface area contributed by atoms with Crippen LogP contribution < -0.4 is 0 Å². The molecule has 0 aromatic carbocycles. The molecule has 0 spiro atoms. The molecule has 6 heteroatoms. The molecule has 1 N–H and O–H groups in total. The average Bonchev–Trinajstić information content (AvgIpc) is 2.79. The molecule has 2 rings (SSSR count). The van der Waals surface area contributed by atoms with E-state index < -0.39 is 11.9 Å². The summed E-state index contributed by atoms with van der Waals surface area (Å²) in [4.78, 5) is 29.6. The number of hydrogen-bond acceptors (Lipinski definition) is 4. The predicted octanol–water partition coefficient (Wildman–Crippen LogP) is 1.35. The van der Waals surface area contributed by atoms with Crippen molar-refractivity contribution < 1.29 is 14.7 Å². The fourth-order valence-electron chi connectivity index (χ4n) is 2.16. The molecule has 19 heavy (non-hydrogen) atoms. The van der Waals surface area contributed by atoms with Gasteiger partial charge < -0.3 is 10.0 Å². The van der Waals surface area contributed by atoms with Gasteiger partial charge in [0.1, 0.15) is 0 Å². The van der Waals surface area contributed by atoms with E-state index in [-0.39, 0.29) is 11.8 Å². The molecule has 1 aliphatic rings. The number of carbonyl (C=O) groups excluding carboxylic acids is 1. The summed E-state index contributed by atoms with van der Waals surface area (Å²) >= 11 is 1.45. The molecule has 5 nitrogen and oxygen atoms in total. The molecule has 2 unspecified atom stereocenters. The number of carbonyl (C=O) groups is 2. The normalized spacial score (nSPS) is 22.5. The highest BCUT2D eigenvalue weighted by atomic mass is 32.2. The summed E-state index contributed by atoms with van der Waals surface area (Å²) in [6.07, 6.45) is 3.37. The number of aliphatic carboxylic acids is 1. The molecule has 1 aromatic heterocycles. The number of amides is 1. The van der Waals surface area contributed by atoms with Gasteiger partial charge in [-0.15, -0.1) is 11.8 Å². The van der Waals surface area contributed by atoms with Crippen molar-refractivity contribution in [3.8, 4) is 0 Å². The minimum atomic E-state index is -0.815. The maximum absolute atomic E-state index is 12.0. The van der Waals surface area contributed by atoms with Crippen molar-refractivity contribution in [1.29, 1.82) is 0 Å². The molecule has 1 fully saturated rings. The summed E-state index contributed by atoms with van der Waals surface area (Å²) in [7, 11) is 0. The number of aromatic nitrogens is 1. The smallest absolute Gasteiger partial charge is 0.308 e. The largest absolute Gasteiger partial charge is 0.481 e. The zero-order chi connectivity index (χ0) is 13.8. The second kappa shape index (κ2) is 6.06. The molecule has 1 amide bonds. The van der Waals surface area contributed by atoms with Gasteiger partial charge in [0.05, 0.1) is 11.7 Å². The first-order chi connectivity index (χ1) is 9.08. The zero-order valence-corrected chi connectivity index (χ0v) is 11.5. The number of thioether (sulfide) groups is 1. The second-order valence-corrected chi connectivity index (χ2v) is 5.74. The van der Waals surface area contributed by atoms with Gasteiger partial charge in [0.15, 0.2) is 0 Å². The van der Waals surface area contributed by atoms with Crippen molar-refractivity contribution in [2.75, 3.05) is 18.8 Å². The fraction of sp³-hybridized carbons (Fsp3) is 0.462. The van der Waals surface area contributed by atoms with Crippen molar-refractivity contribution >= 4 is 23.6 Å². The van der Waals surface area contributed by atoms with Crippen molar-refractivity contribution in [1.82, 2.24) is 9.88 Å². The van der Waals surface area contributed by atoms with E-state index in [9.17, 15) is 9.59 Å². The summed E-state index contributed by atoms with van der Waals surface area (Å²) in [5, 5.41) is 9.04. The van der Waals surface area contributed by atoms with Gasteiger partial charge in [0.2, 0.25) is 5.91 Å². The Morgan fingerprint density at radius 2 is 2.11 bits per heavy atom. The van der Waals surface area contributed by atoms with Gasteiger partial charge in [-0.1, -0.05) is 6.92 Å². The summed E-state index contributed by atoms with van der Waals surface area (Å²) in [5.74, 6) is -0.896. The molecule has 0 saturated carbocycles. The highest BCUT2D eigenvalue weighted by Crippen LogP contribution is 2.25. The highest BCUT2D eigenvalue weighted by Gasteiger charge is 2.36. The van der Waals surface area contributed by atoms with E-state index in [0.717, 1.165) is 4.90 Å². The lowest BCUT2D eigenvalue weighted by Gasteiger charge is -2.15. The van der Waals surface area contributed by atoms with Crippen molar-refractivity contribution in [3.05, 3.63) is 24.5 Å². The summed E-state index contributed by atoms with van der Waals surface area (Å²) < 4.78 is 0. The van der Waals surface area contributed by atoms with Crippen LogP contribution in [0.3, 0.4) is 0 Å². The Bertz CT molecular complexity index is 466. The number of likely N-dealkylation sites (tertiary alicyclic amines) is 1. The van der Waals surface area contributed by atoms with Gasteiger partial charge >= 0.3 is 5.97 Å². The lowest BCUT2D eigenvalue weighted by atomic mass is 9.99. The van der Waals surface area contributed by atoms with Crippen LogP contribution in [0, 0.1) is 11.8 Å². The fourth-order valence-corrected chi connectivity index (χ4v) is 2.95. The topological polar surface area (TPSA) is 70.5 Å². The number of pyridine rings is 1. The standard InChI is InChI=1S/C13H16N2O3S/c1-9-6-15(7-11(9)13(17)18)12(16)8-19-10-2-4-14-5-3-10/h2-5,9,11H,6-8H2,1H3,(H,17,18). The van der Waals surface area contributed by atoms with Crippen LogP contribution in [0.1, 0.15) is 6.92 Å². The third kappa shape index (κ3) is 3.47. The molecule has 0 aliphatic carbocycles. The maximum atomic E-state index is 12.0. The Labute approximate surface area is 116 Å². The van der Waals surface area contributed by atoms with Crippen molar-refractivity contribution in [3.63, 3.8) is 0 Å². The highest BCUT2D eigenvalue weighted by molar-refractivity contribution is 8.00. The molecule has 1 aliphatic heterocycles. The molecule has 1 aromatic rings. The van der Waals surface area contributed by atoms with Gasteiger partial charge in [-0.25, -0.2) is 0 Å². The first-order valence-corrected chi connectivity index (χ1v) is 7.10. The lowest BCUT2D eigenvalue weighted by molar-refractivity contribution is -0.142. The Morgan fingerprint density at radius 3 is 2.68 bits per heavy atom. The number of nitrogens with zero attached hydrogens (tertiary/aromatic N) is 2. The van der Waals surface area contributed by atoms with E-state index in [0.29, 0.717) is 18.8 Å². The monoisotopic (exact) mass is 280 g/mol. The Hall–Kier alpha value is -1.56. The minimum Gasteiger partial charge on any atom is -0.481 e.